The number of piperazine rings is 1. The number of benzene rings is 1. The number of amides is 1. The number of anilines is 2. The summed E-state index contributed by atoms with van der Waals surface area (Å²) in [5.41, 5.74) is 2.77. The fourth-order valence-electron chi connectivity index (χ4n) is 4.39. The summed E-state index contributed by atoms with van der Waals surface area (Å²) in [6.45, 7) is 4.43. The van der Waals surface area contributed by atoms with Crippen molar-refractivity contribution >= 4 is 28.1 Å². The normalized spacial score (nSPS) is 13.9. The lowest BCUT2D eigenvalue weighted by Crippen LogP contribution is -2.43. The van der Waals surface area contributed by atoms with E-state index in [1.54, 1.807) is 35.2 Å². The van der Waals surface area contributed by atoms with Crippen LogP contribution < -0.4 is 15.5 Å². The summed E-state index contributed by atoms with van der Waals surface area (Å²) < 4.78 is 7.25. The molecule has 0 atom stereocenters. The van der Waals surface area contributed by atoms with Crippen LogP contribution in [0.5, 0.6) is 5.88 Å². The van der Waals surface area contributed by atoms with E-state index in [0.29, 0.717) is 30.2 Å². The van der Waals surface area contributed by atoms with Gasteiger partial charge in [0.05, 0.1) is 30.9 Å². The maximum absolute atomic E-state index is 13.2. The summed E-state index contributed by atoms with van der Waals surface area (Å²) in [6.07, 6.45) is 5.19. The molecule has 3 N–H and O–H groups in total. The first-order valence-corrected chi connectivity index (χ1v) is 12.2. The van der Waals surface area contributed by atoms with Crippen molar-refractivity contribution in [2.24, 2.45) is 0 Å². The van der Waals surface area contributed by atoms with Gasteiger partial charge in [0, 0.05) is 49.3 Å². The minimum Gasteiger partial charge on any atom is -0.494 e. The first-order chi connectivity index (χ1) is 18.0. The van der Waals surface area contributed by atoms with Crippen LogP contribution in [-0.2, 0) is 11.3 Å². The third-order valence-corrected chi connectivity index (χ3v) is 6.19. The van der Waals surface area contributed by atoms with Crippen LogP contribution in [0.25, 0.3) is 16.6 Å². The van der Waals surface area contributed by atoms with Crippen LogP contribution in [0.4, 0.5) is 11.4 Å². The molecule has 10 nitrogen and oxygen atoms in total. The standard InChI is InChI=1S/C27H31N7O3/c1-32(2)18-37-17-19-6-7-20-16-34(27(36)21(20)14-19)25-5-3-4-22(30-25)26(35)31-23-15-29-9-8-24(23)33-12-10-28-11-13-33/h3-9,14-16,28,36H,10-13,17-18H2,1-2H3,(H,31,35). The van der Waals surface area contributed by atoms with Crippen molar-refractivity contribution in [1.29, 1.82) is 0 Å². The highest BCUT2D eigenvalue weighted by Crippen LogP contribution is 2.31. The number of pyridine rings is 2. The molecule has 1 aromatic carbocycles. The largest absolute Gasteiger partial charge is 0.494 e. The summed E-state index contributed by atoms with van der Waals surface area (Å²) >= 11 is 0. The highest BCUT2D eigenvalue weighted by molar-refractivity contribution is 6.04. The van der Waals surface area contributed by atoms with Gasteiger partial charge in [-0.25, -0.2) is 4.98 Å². The average Bonchev–Trinajstić information content (AvgIpc) is 3.25. The molecule has 192 valence electrons. The summed E-state index contributed by atoms with van der Waals surface area (Å²) in [4.78, 5) is 26.1. The number of hydrogen-bond donors (Lipinski definition) is 3. The average molecular weight is 502 g/mol. The maximum Gasteiger partial charge on any atom is 0.274 e. The monoisotopic (exact) mass is 501 g/mol. The predicted molar refractivity (Wildman–Crippen MR) is 143 cm³/mol. The van der Waals surface area contributed by atoms with E-state index in [9.17, 15) is 9.90 Å². The van der Waals surface area contributed by atoms with Gasteiger partial charge >= 0.3 is 0 Å². The molecule has 0 bridgehead atoms. The van der Waals surface area contributed by atoms with E-state index in [0.717, 1.165) is 42.8 Å². The Balaban J connectivity index is 1.37. The Morgan fingerprint density at radius 2 is 2.03 bits per heavy atom. The van der Waals surface area contributed by atoms with Gasteiger partial charge in [-0.3, -0.25) is 19.2 Å². The van der Waals surface area contributed by atoms with Crippen LogP contribution in [0.15, 0.2) is 61.1 Å². The molecule has 1 fully saturated rings. The molecule has 3 aromatic heterocycles. The molecule has 37 heavy (non-hydrogen) atoms. The highest BCUT2D eigenvalue weighted by atomic mass is 16.5. The molecule has 0 unspecified atom stereocenters. The molecule has 0 saturated carbocycles. The SMILES string of the molecule is CN(C)COCc1ccc2cn(-c3cccc(C(=O)Nc4cnccc4N4CCNCC4)n3)c(O)c2c1. The van der Waals surface area contributed by atoms with Crippen LogP contribution in [-0.4, -0.2) is 77.5 Å². The van der Waals surface area contributed by atoms with Crippen molar-refractivity contribution in [2.75, 3.05) is 57.2 Å². The van der Waals surface area contributed by atoms with E-state index in [1.165, 1.54) is 0 Å². The third-order valence-electron chi connectivity index (χ3n) is 6.19. The van der Waals surface area contributed by atoms with Gasteiger partial charge in [-0.1, -0.05) is 18.2 Å². The van der Waals surface area contributed by atoms with Gasteiger partial charge in [-0.15, -0.1) is 0 Å². The molecule has 1 aliphatic heterocycles. The Morgan fingerprint density at radius 3 is 2.84 bits per heavy atom. The number of carbonyl (C=O) groups is 1. The molecule has 0 spiro atoms. The number of hydrogen-bond acceptors (Lipinski definition) is 8. The van der Waals surface area contributed by atoms with Gasteiger partial charge in [0.2, 0.25) is 5.88 Å². The number of ether oxygens (including phenoxy) is 1. The molecule has 1 aliphatic rings. The van der Waals surface area contributed by atoms with Gasteiger partial charge in [-0.05, 0) is 43.9 Å². The third kappa shape index (κ3) is 5.56. The topological polar surface area (TPSA) is 108 Å². The predicted octanol–water partition coefficient (Wildman–Crippen LogP) is 2.82. The fraction of sp³-hybridized carbons (Fsp3) is 0.296. The lowest BCUT2D eigenvalue weighted by Gasteiger charge is -2.30. The number of fused-ring (bicyclic) bond motifs is 1. The number of nitrogens with one attached hydrogen (secondary N) is 2. The second-order valence-corrected chi connectivity index (χ2v) is 9.27. The molecule has 1 saturated heterocycles. The second-order valence-electron chi connectivity index (χ2n) is 9.27. The Bertz CT molecular complexity index is 1400. The van der Waals surface area contributed by atoms with E-state index >= 15 is 0 Å². The second kappa shape index (κ2) is 11.0. The van der Waals surface area contributed by atoms with E-state index in [1.807, 2.05) is 49.5 Å². The summed E-state index contributed by atoms with van der Waals surface area (Å²) in [5, 5.41) is 18.8. The number of rotatable bonds is 8. The molecular formula is C27H31N7O3. The number of aromatic hydroxyl groups is 1. The van der Waals surface area contributed by atoms with Crippen molar-refractivity contribution in [3.8, 4) is 11.7 Å². The lowest BCUT2D eigenvalue weighted by atomic mass is 10.1. The fourth-order valence-corrected chi connectivity index (χ4v) is 4.39. The first-order valence-electron chi connectivity index (χ1n) is 12.2. The van der Waals surface area contributed by atoms with Crippen molar-refractivity contribution in [3.05, 3.63) is 72.3 Å². The summed E-state index contributed by atoms with van der Waals surface area (Å²) in [6, 6.07) is 12.9. The zero-order chi connectivity index (χ0) is 25.8. The molecule has 5 rings (SSSR count). The zero-order valence-electron chi connectivity index (χ0n) is 21.0. The van der Waals surface area contributed by atoms with Crippen LogP contribution in [0.1, 0.15) is 16.1 Å². The number of aromatic nitrogens is 3. The van der Waals surface area contributed by atoms with Crippen molar-refractivity contribution < 1.29 is 14.6 Å². The lowest BCUT2D eigenvalue weighted by molar-refractivity contribution is 0.0451. The van der Waals surface area contributed by atoms with Gasteiger partial charge in [-0.2, -0.15) is 0 Å². The molecule has 4 heterocycles. The molecule has 1 amide bonds. The molecule has 10 heteroatoms. The molecular weight excluding hydrogens is 470 g/mol. The van der Waals surface area contributed by atoms with Crippen LogP contribution in [0.3, 0.4) is 0 Å². The Morgan fingerprint density at radius 1 is 1.19 bits per heavy atom. The van der Waals surface area contributed by atoms with Crippen LogP contribution >= 0.6 is 0 Å². The molecule has 0 radical (unpaired) electrons. The summed E-state index contributed by atoms with van der Waals surface area (Å²) in [7, 11) is 3.89. The molecule has 4 aromatic rings. The highest BCUT2D eigenvalue weighted by Gasteiger charge is 2.18. The Hall–Kier alpha value is -3.99. The number of carbonyl (C=O) groups excluding carboxylic acids is 1. The minimum absolute atomic E-state index is 0.0581. The van der Waals surface area contributed by atoms with Crippen LogP contribution in [0.2, 0.25) is 0 Å². The van der Waals surface area contributed by atoms with Crippen LogP contribution in [0, 0.1) is 0 Å². The molecule has 0 aliphatic carbocycles. The zero-order valence-corrected chi connectivity index (χ0v) is 21.0. The van der Waals surface area contributed by atoms with Gasteiger partial charge < -0.3 is 25.4 Å². The Kier molecular flexibility index (Phi) is 7.31. The van der Waals surface area contributed by atoms with Crippen molar-refractivity contribution in [2.45, 2.75) is 6.61 Å². The van der Waals surface area contributed by atoms with E-state index < -0.39 is 0 Å². The Labute approximate surface area is 215 Å². The van der Waals surface area contributed by atoms with Gasteiger partial charge in [0.25, 0.3) is 5.91 Å². The maximum atomic E-state index is 13.2. The van der Waals surface area contributed by atoms with Gasteiger partial charge in [0.15, 0.2) is 0 Å². The number of nitrogens with zero attached hydrogens (tertiary/aromatic N) is 5. The van der Waals surface area contributed by atoms with Crippen molar-refractivity contribution in [3.63, 3.8) is 0 Å². The first kappa shape index (κ1) is 24.7. The summed E-state index contributed by atoms with van der Waals surface area (Å²) in [5.74, 6) is 0.158. The van der Waals surface area contributed by atoms with E-state index in [4.69, 9.17) is 4.74 Å². The smallest absolute Gasteiger partial charge is 0.274 e. The quantitative estimate of drug-likeness (QED) is 0.317. The van der Waals surface area contributed by atoms with Crippen molar-refractivity contribution in [1.82, 2.24) is 24.8 Å². The van der Waals surface area contributed by atoms with E-state index in [2.05, 4.69) is 25.5 Å². The van der Waals surface area contributed by atoms with E-state index in [-0.39, 0.29) is 17.5 Å². The minimum atomic E-state index is -0.345. The van der Waals surface area contributed by atoms with Gasteiger partial charge in [0.1, 0.15) is 11.5 Å².